The number of hydrogen-bond acceptors (Lipinski definition) is 4. The molecule has 0 spiro atoms. The van der Waals surface area contributed by atoms with Crippen molar-refractivity contribution >= 4 is 5.78 Å². The first-order valence-electron chi connectivity index (χ1n) is 9.67. The van der Waals surface area contributed by atoms with E-state index in [2.05, 4.69) is 44.7 Å². The van der Waals surface area contributed by atoms with Gasteiger partial charge in [0.05, 0.1) is 5.69 Å². The van der Waals surface area contributed by atoms with Crippen molar-refractivity contribution in [2.24, 2.45) is 18.4 Å². The number of carbonyl (C=O) groups excluding carboxylic acids is 1. The van der Waals surface area contributed by atoms with Crippen molar-refractivity contribution in [3.63, 3.8) is 0 Å². The van der Waals surface area contributed by atoms with Crippen LogP contribution in [0.4, 0.5) is 0 Å². The van der Waals surface area contributed by atoms with Crippen molar-refractivity contribution < 1.29 is 4.79 Å². The third-order valence-corrected chi connectivity index (χ3v) is 6.85. The summed E-state index contributed by atoms with van der Waals surface area (Å²) >= 11 is 0. The van der Waals surface area contributed by atoms with E-state index in [0.29, 0.717) is 18.1 Å². The van der Waals surface area contributed by atoms with Crippen molar-refractivity contribution in [1.82, 2.24) is 24.5 Å². The number of rotatable bonds is 2. The van der Waals surface area contributed by atoms with Crippen LogP contribution in [-0.4, -0.2) is 30.3 Å². The van der Waals surface area contributed by atoms with Crippen molar-refractivity contribution in [3.8, 4) is 11.5 Å². The summed E-state index contributed by atoms with van der Waals surface area (Å²) in [5.74, 6) is 1.49. The lowest BCUT2D eigenvalue weighted by Gasteiger charge is -2.51. The predicted molar refractivity (Wildman–Crippen MR) is 99.8 cm³/mol. The van der Waals surface area contributed by atoms with Gasteiger partial charge in [-0.1, -0.05) is 20.8 Å². The summed E-state index contributed by atoms with van der Waals surface area (Å²) in [7, 11) is 1.99. The number of hydrogen-bond donors (Lipinski definition) is 0. The molecule has 140 valence electrons. The molecule has 4 rings (SSSR count). The normalized spacial score (nSPS) is 27.5. The van der Waals surface area contributed by atoms with Gasteiger partial charge in [0.15, 0.2) is 5.82 Å². The molecule has 0 bridgehead atoms. The Morgan fingerprint density at radius 2 is 1.92 bits per heavy atom. The van der Waals surface area contributed by atoms with Gasteiger partial charge in [-0.3, -0.25) is 9.48 Å². The highest BCUT2D eigenvalue weighted by atomic mass is 16.1. The lowest BCUT2D eigenvalue weighted by atomic mass is 9.51. The summed E-state index contributed by atoms with van der Waals surface area (Å²) in [4.78, 5) is 17.1. The standard InChI is InChI=1S/C20H29N5O/c1-12(2)25-11-21-18(23-25)16-13-7-8-14-19(3,4)15(26)9-10-20(14,5)17(13)22-24(16)6/h11-12,14H,7-10H2,1-6H3/t14-,20?/m0/s1. The third-order valence-electron chi connectivity index (χ3n) is 6.85. The Morgan fingerprint density at radius 3 is 2.58 bits per heavy atom. The van der Waals surface area contributed by atoms with Gasteiger partial charge in [0.25, 0.3) is 0 Å². The first kappa shape index (κ1) is 17.4. The minimum atomic E-state index is -0.278. The fourth-order valence-electron chi connectivity index (χ4n) is 5.29. The second-order valence-corrected chi connectivity index (χ2v) is 9.09. The summed E-state index contributed by atoms with van der Waals surface area (Å²) in [6, 6.07) is 0.285. The molecule has 2 atom stereocenters. The topological polar surface area (TPSA) is 65.6 Å². The van der Waals surface area contributed by atoms with Crippen LogP contribution in [-0.2, 0) is 23.7 Å². The number of fused-ring (bicyclic) bond motifs is 3. The molecule has 0 N–H and O–H groups in total. The highest BCUT2D eigenvalue weighted by Gasteiger charge is 2.55. The number of Topliss-reactive ketones (excluding diaryl/α,β-unsaturated/α-hetero) is 1. The zero-order valence-corrected chi connectivity index (χ0v) is 16.7. The van der Waals surface area contributed by atoms with E-state index in [9.17, 15) is 4.79 Å². The number of nitrogens with zero attached hydrogens (tertiary/aromatic N) is 5. The quantitative estimate of drug-likeness (QED) is 0.827. The molecule has 0 aliphatic heterocycles. The van der Waals surface area contributed by atoms with Crippen molar-refractivity contribution in [1.29, 1.82) is 0 Å². The Morgan fingerprint density at radius 1 is 1.19 bits per heavy atom. The van der Waals surface area contributed by atoms with E-state index in [1.807, 2.05) is 16.4 Å². The van der Waals surface area contributed by atoms with E-state index in [1.54, 1.807) is 6.33 Å². The average Bonchev–Trinajstić information content (AvgIpc) is 3.16. The van der Waals surface area contributed by atoms with E-state index in [-0.39, 0.29) is 16.9 Å². The zero-order chi connectivity index (χ0) is 18.9. The van der Waals surface area contributed by atoms with Gasteiger partial charge < -0.3 is 0 Å². The molecule has 2 aromatic heterocycles. The van der Waals surface area contributed by atoms with Crippen LogP contribution in [0.3, 0.4) is 0 Å². The number of aryl methyl sites for hydroxylation is 1. The van der Waals surface area contributed by atoms with Crippen LogP contribution < -0.4 is 0 Å². The van der Waals surface area contributed by atoms with Gasteiger partial charge >= 0.3 is 0 Å². The zero-order valence-electron chi connectivity index (χ0n) is 16.7. The largest absolute Gasteiger partial charge is 0.299 e. The molecule has 1 unspecified atom stereocenters. The fourth-order valence-corrected chi connectivity index (χ4v) is 5.29. The van der Waals surface area contributed by atoms with Crippen LogP contribution >= 0.6 is 0 Å². The predicted octanol–water partition coefficient (Wildman–Crippen LogP) is 3.47. The molecule has 2 aliphatic rings. The van der Waals surface area contributed by atoms with Crippen LogP contribution in [0.2, 0.25) is 0 Å². The molecule has 0 amide bonds. The van der Waals surface area contributed by atoms with E-state index < -0.39 is 0 Å². The summed E-state index contributed by atoms with van der Waals surface area (Å²) in [6.45, 7) is 10.8. The van der Waals surface area contributed by atoms with Gasteiger partial charge in [0.1, 0.15) is 17.8 Å². The van der Waals surface area contributed by atoms with Gasteiger partial charge in [-0.15, -0.1) is 5.10 Å². The van der Waals surface area contributed by atoms with E-state index in [0.717, 1.165) is 36.5 Å². The lowest BCUT2D eigenvalue weighted by Crippen LogP contribution is -2.52. The molecule has 0 saturated heterocycles. The van der Waals surface area contributed by atoms with E-state index in [4.69, 9.17) is 5.10 Å². The van der Waals surface area contributed by atoms with Gasteiger partial charge in [-0.05, 0) is 39.0 Å². The molecule has 1 saturated carbocycles. The molecule has 2 heterocycles. The number of aromatic nitrogens is 5. The van der Waals surface area contributed by atoms with Gasteiger partial charge in [0, 0.05) is 35.9 Å². The molecule has 6 nitrogen and oxygen atoms in total. The van der Waals surface area contributed by atoms with Crippen molar-refractivity contribution in [2.75, 3.05) is 0 Å². The summed E-state index contributed by atoms with van der Waals surface area (Å²) < 4.78 is 3.84. The molecule has 0 radical (unpaired) electrons. The van der Waals surface area contributed by atoms with Crippen LogP contribution in [0.5, 0.6) is 0 Å². The van der Waals surface area contributed by atoms with Gasteiger partial charge in [-0.2, -0.15) is 5.10 Å². The van der Waals surface area contributed by atoms with Gasteiger partial charge in [-0.25, -0.2) is 9.67 Å². The first-order valence-corrected chi connectivity index (χ1v) is 9.67. The van der Waals surface area contributed by atoms with E-state index in [1.165, 1.54) is 5.56 Å². The van der Waals surface area contributed by atoms with Crippen LogP contribution in [0, 0.1) is 11.3 Å². The Hall–Kier alpha value is -1.98. The third kappa shape index (κ3) is 2.23. The minimum absolute atomic E-state index is 0.0540. The maximum Gasteiger partial charge on any atom is 0.199 e. The Labute approximate surface area is 155 Å². The Bertz CT molecular complexity index is 875. The van der Waals surface area contributed by atoms with E-state index >= 15 is 0 Å². The second-order valence-electron chi connectivity index (χ2n) is 9.09. The Balaban J connectivity index is 1.83. The maximum absolute atomic E-state index is 12.5. The maximum atomic E-state index is 12.5. The van der Waals surface area contributed by atoms with Crippen molar-refractivity contribution in [2.45, 2.75) is 71.8 Å². The molecular weight excluding hydrogens is 326 g/mol. The molecule has 0 aromatic carbocycles. The fraction of sp³-hybridized carbons (Fsp3) is 0.700. The highest BCUT2D eigenvalue weighted by molar-refractivity contribution is 5.86. The average molecular weight is 355 g/mol. The molecule has 1 fully saturated rings. The van der Waals surface area contributed by atoms with Gasteiger partial charge in [0.2, 0.25) is 0 Å². The lowest BCUT2D eigenvalue weighted by molar-refractivity contribution is -0.137. The smallest absolute Gasteiger partial charge is 0.199 e. The molecule has 6 heteroatoms. The number of ketones is 1. The molecule has 2 aromatic rings. The Kier molecular flexibility index (Phi) is 3.69. The summed E-state index contributed by atoms with van der Waals surface area (Å²) in [6.07, 6.45) is 5.29. The SMILES string of the molecule is CC(C)n1cnc(-c2c3c(nn2C)C2(C)CCC(=O)C(C)(C)[C@@H]2CC3)n1. The number of carbonyl (C=O) groups is 1. The summed E-state index contributed by atoms with van der Waals surface area (Å²) in [5.41, 5.74) is 3.14. The van der Waals surface area contributed by atoms with Crippen LogP contribution in [0.25, 0.3) is 11.5 Å². The highest BCUT2D eigenvalue weighted by Crippen LogP contribution is 2.56. The minimum Gasteiger partial charge on any atom is -0.299 e. The second kappa shape index (κ2) is 5.51. The molecule has 2 aliphatic carbocycles. The monoisotopic (exact) mass is 355 g/mol. The molecule has 26 heavy (non-hydrogen) atoms. The first-order chi connectivity index (χ1) is 12.2. The van der Waals surface area contributed by atoms with Crippen LogP contribution in [0.1, 0.15) is 71.2 Å². The van der Waals surface area contributed by atoms with Crippen molar-refractivity contribution in [3.05, 3.63) is 17.6 Å². The summed E-state index contributed by atoms with van der Waals surface area (Å²) in [5, 5.41) is 9.62. The van der Waals surface area contributed by atoms with Crippen LogP contribution in [0.15, 0.2) is 6.33 Å². The molecular formula is C20H29N5O.